The monoisotopic (exact) mass is 493 g/mol. The van der Waals surface area contributed by atoms with Gasteiger partial charge in [-0.3, -0.25) is 4.90 Å². The minimum Gasteiger partial charge on any atom is -0.459 e. The highest BCUT2D eigenvalue weighted by Gasteiger charge is 2.37. The Kier molecular flexibility index (Phi) is 7.83. The van der Waals surface area contributed by atoms with E-state index in [1.165, 1.54) is 29.5 Å². The minimum absolute atomic E-state index is 0.0291. The van der Waals surface area contributed by atoms with E-state index in [4.69, 9.17) is 10.00 Å². The van der Waals surface area contributed by atoms with Crippen LogP contribution in [0.1, 0.15) is 29.5 Å². The van der Waals surface area contributed by atoms with Gasteiger partial charge in [0.05, 0.1) is 18.2 Å². The van der Waals surface area contributed by atoms with Crippen LogP contribution in [-0.4, -0.2) is 56.5 Å². The molecule has 0 aliphatic carbocycles. The van der Waals surface area contributed by atoms with Crippen molar-refractivity contribution in [2.24, 2.45) is 0 Å². The molecule has 0 spiro atoms. The van der Waals surface area contributed by atoms with Crippen molar-refractivity contribution in [3.05, 3.63) is 89.5 Å². The molecule has 0 amide bonds. The molecule has 2 heterocycles. The number of ether oxygens (including phenoxy) is 1. The highest BCUT2D eigenvalue weighted by Crippen LogP contribution is 2.29. The topological polar surface area (TPSA) is 104 Å². The van der Waals surface area contributed by atoms with Crippen molar-refractivity contribution in [3.63, 3.8) is 0 Å². The Morgan fingerprint density at radius 3 is 2.72 bits per heavy atom. The fourth-order valence-electron chi connectivity index (χ4n) is 4.30. The minimum atomic E-state index is -1.68. The molecular formula is C26H25F2N5O3. The maximum atomic E-state index is 14.6. The van der Waals surface area contributed by atoms with Gasteiger partial charge in [-0.25, -0.2) is 23.2 Å². The van der Waals surface area contributed by atoms with Gasteiger partial charge in [0.15, 0.2) is 0 Å². The standard InChI is InChI=1S/C26H25F2N5O3/c27-21-5-6-23(24(28)13-21)26(35,16-33-18-30-17-31-33)15-32-10-8-22(9-11-32)36-25(34)7-4-19-2-1-3-20(12-19)14-29/h1-7,12-13,17-18,22,35H,8-11,15-16H2/b7-4+. The fourth-order valence-corrected chi connectivity index (χ4v) is 4.30. The Balaban J connectivity index is 1.36. The third-order valence-corrected chi connectivity index (χ3v) is 6.05. The second kappa shape index (κ2) is 11.2. The normalized spacial score (nSPS) is 16.5. The molecule has 0 saturated carbocycles. The number of likely N-dealkylation sites (tertiary alicyclic amines) is 1. The van der Waals surface area contributed by atoms with Crippen LogP contribution < -0.4 is 0 Å². The first kappa shape index (κ1) is 25.2. The van der Waals surface area contributed by atoms with Gasteiger partial charge < -0.3 is 9.84 Å². The van der Waals surface area contributed by atoms with E-state index in [0.29, 0.717) is 31.5 Å². The molecule has 1 aliphatic heterocycles. The maximum absolute atomic E-state index is 14.6. The molecule has 10 heteroatoms. The molecule has 1 unspecified atom stereocenters. The molecule has 4 rings (SSSR count). The molecule has 1 aromatic heterocycles. The lowest BCUT2D eigenvalue weighted by molar-refractivity contribution is -0.145. The van der Waals surface area contributed by atoms with Crippen LogP contribution in [-0.2, 0) is 21.7 Å². The fraction of sp³-hybridized carbons (Fsp3) is 0.308. The van der Waals surface area contributed by atoms with Crippen LogP contribution in [0.25, 0.3) is 6.08 Å². The molecule has 0 radical (unpaired) electrons. The molecule has 0 bridgehead atoms. The number of nitrogens with zero attached hydrogens (tertiary/aromatic N) is 5. The number of aliphatic hydroxyl groups is 1. The van der Waals surface area contributed by atoms with Gasteiger partial charge in [0, 0.05) is 37.3 Å². The predicted molar refractivity (Wildman–Crippen MR) is 126 cm³/mol. The molecule has 1 fully saturated rings. The summed E-state index contributed by atoms with van der Waals surface area (Å²) in [5.74, 6) is -2.05. The van der Waals surface area contributed by atoms with E-state index in [1.807, 2.05) is 4.90 Å². The van der Waals surface area contributed by atoms with Crippen molar-refractivity contribution in [1.82, 2.24) is 19.7 Å². The molecule has 36 heavy (non-hydrogen) atoms. The summed E-state index contributed by atoms with van der Waals surface area (Å²) in [6.45, 7) is 1.02. The number of halogens is 2. The second-order valence-corrected chi connectivity index (χ2v) is 8.73. The largest absolute Gasteiger partial charge is 0.459 e. The number of nitriles is 1. The highest BCUT2D eigenvalue weighted by atomic mass is 19.1. The summed E-state index contributed by atoms with van der Waals surface area (Å²) in [6.07, 6.45) is 6.44. The van der Waals surface area contributed by atoms with Crippen LogP contribution in [0.5, 0.6) is 0 Å². The van der Waals surface area contributed by atoms with Crippen molar-refractivity contribution < 1.29 is 23.4 Å². The maximum Gasteiger partial charge on any atom is 0.331 e. The lowest BCUT2D eigenvalue weighted by Crippen LogP contribution is -2.48. The predicted octanol–water partition coefficient (Wildman–Crippen LogP) is 3.04. The molecule has 1 aliphatic rings. The first-order valence-electron chi connectivity index (χ1n) is 11.5. The van der Waals surface area contributed by atoms with Gasteiger partial charge in [0.1, 0.15) is 36.0 Å². The number of aromatic nitrogens is 3. The van der Waals surface area contributed by atoms with Crippen LogP contribution in [0.4, 0.5) is 8.78 Å². The van der Waals surface area contributed by atoms with Gasteiger partial charge in [0.25, 0.3) is 0 Å². The number of hydrogen-bond acceptors (Lipinski definition) is 7. The highest BCUT2D eigenvalue weighted by molar-refractivity contribution is 5.87. The van der Waals surface area contributed by atoms with E-state index < -0.39 is 23.2 Å². The van der Waals surface area contributed by atoms with Gasteiger partial charge in [0.2, 0.25) is 0 Å². The molecule has 1 saturated heterocycles. The molecule has 1 N–H and O–H groups in total. The first-order chi connectivity index (χ1) is 17.3. The van der Waals surface area contributed by atoms with Crippen molar-refractivity contribution >= 4 is 12.0 Å². The molecule has 2 aromatic carbocycles. The van der Waals surface area contributed by atoms with E-state index in [2.05, 4.69) is 16.2 Å². The number of carbonyl (C=O) groups is 1. The van der Waals surface area contributed by atoms with Crippen LogP contribution in [0, 0.1) is 23.0 Å². The number of benzene rings is 2. The van der Waals surface area contributed by atoms with Gasteiger partial charge in [-0.05, 0) is 42.7 Å². The van der Waals surface area contributed by atoms with E-state index in [-0.39, 0.29) is 24.8 Å². The number of β-amino-alcohol motifs (C(OH)–C–C–N with tert-alkyl or cyclic N) is 1. The van der Waals surface area contributed by atoms with Crippen LogP contribution in [0.3, 0.4) is 0 Å². The van der Waals surface area contributed by atoms with E-state index in [1.54, 1.807) is 30.3 Å². The summed E-state index contributed by atoms with van der Waals surface area (Å²) in [4.78, 5) is 18.1. The van der Waals surface area contributed by atoms with Crippen molar-refractivity contribution in [2.75, 3.05) is 19.6 Å². The third kappa shape index (κ3) is 6.38. The summed E-state index contributed by atoms with van der Waals surface area (Å²) in [5, 5.41) is 24.5. The van der Waals surface area contributed by atoms with Crippen LogP contribution >= 0.6 is 0 Å². The average molecular weight is 494 g/mol. The van der Waals surface area contributed by atoms with E-state index >= 15 is 0 Å². The summed E-state index contributed by atoms with van der Waals surface area (Å²) in [7, 11) is 0. The number of esters is 1. The Hall–Kier alpha value is -3.94. The molecular weight excluding hydrogens is 468 g/mol. The zero-order chi connectivity index (χ0) is 25.5. The molecule has 8 nitrogen and oxygen atoms in total. The van der Waals surface area contributed by atoms with Crippen molar-refractivity contribution in [3.8, 4) is 6.07 Å². The lowest BCUT2D eigenvalue weighted by atomic mass is 9.91. The zero-order valence-electron chi connectivity index (χ0n) is 19.4. The van der Waals surface area contributed by atoms with Crippen molar-refractivity contribution in [2.45, 2.75) is 31.1 Å². The average Bonchev–Trinajstić information content (AvgIpc) is 3.36. The SMILES string of the molecule is N#Cc1cccc(/C=C/C(=O)OC2CCN(CC(O)(Cn3cncn3)c3ccc(F)cc3F)CC2)c1. The molecule has 186 valence electrons. The van der Waals surface area contributed by atoms with E-state index in [9.17, 15) is 18.7 Å². The zero-order valence-corrected chi connectivity index (χ0v) is 19.4. The number of rotatable bonds is 8. The Labute approximate surface area is 207 Å². The summed E-state index contributed by atoms with van der Waals surface area (Å²) in [5.41, 5.74) is -0.489. The summed E-state index contributed by atoms with van der Waals surface area (Å²) in [6, 6.07) is 12.0. The van der Waals surface area contributed by atoms with Crippen molar-refractivity contribution in [1.29, 1.82) is 5.26 Å². The van der Waals surface area contributed by atoms with Gasteiger partial charge in [-0.1, -0.05) is 18.2 Å². The second-order valence-electron chi connectivity index (χ2n) is 8.73. The smallest absolute Gasteiger partial charge is 0.331 e. The van der Waals surface area contributed by atoms with E-state index in [0.717, 1.165) is 17.7 Å². The van der Waals surface area contributed by atoms with Crippen LogP contribution in [0.2, 0.25) is 0 Å². The summed E-state index contributed by atoms with van der Waals surface area (Å²) < 4.78 is 35.1. The van der Waals surface area contributed by atoms with Crippen LogP contribution in [0.15, 0.2) is 61.2 Å². The number of carbonyl (C=O) groups excluding carboxylic acids is 1. The summed E-state index contributed by atoms with van der Waals surface area (Å²) >= 11 is 0. The third-order valence-electron chi connectivity index (χ3n) is 6.05. The number of hydrogen-bond donors (Lipinski definition) is 1. The quantitative estimate of drug-likeness (QED) is 0.380. The first-order valence-corrected chi connectivity index (χ1v) is 11.5. The Bertz CT molecular complexity index is 1270. The Morgan fingerprint density at radius 1 is 1.22 bits per heavy atom. The van der Waals surface area contributed by atoms with Gasteiger partial charge in [-0.2, -0.15) is 10.4 Å². The molecule has 1 atom stereocenters. The lowest BCUT2D eigenvalue weighted by Gasteiger charge is -2.38. The number of piperidine rings is 1. The van der Waals surface area contributed by atoms with Gasteiger partial charge >= 0.3 is 5.97 Å². The molecule has 3 aromatic rings. The van der Waals surface area contributed by atoms with Gasteiger partial charge in [-0.15, -0.1) is 0 Å². The Morgan fingerprint density at radius 2 is 2.03 bits per heavy atom.